The normalized spacial score (nSPS) is 14.6. The first-order chi connectivity index (χ1) is 11.2. The van der Waals surface area contributed by atoms with Crippen molar-refractivity contribution in [3.63, 3.8) is 0 Å². The van der Waals surface area contributed by atoms with E-state index in [1.54, 1.807) is 19.1 Å². The van der Waals surface area contributed by atoms with Gasteiger partial charge < -0.3 is 24.1 Å². The molecule has 3 rings (SSSR count). The number of nitrogens with zero attached hydrogens (tertiary/aromatic N) is 1. The zero-order valence-corrected chi connectivity index (χ0v) is 13.3. The number of benzene rings is 1. The minimum Gasteiger partial charge on any atom is -0.497 e. The summed E-state index contributed by atoms with van der Waals surface area (Å²) in [6.07, 6.45) is 1.82. The predicted octanol–water partition coefficient (Wildman–Crippen LogP) is 2.17. The van der Waals surface area contributed by atoms with Crippen LogP contribution >= 0.6 is 0 Å². The van der Waals surface area contributed by atoms with Crippen molar-refractivity contribution in [3.8, 4) is 22.6 Å². The predicted molar refractivity (Wildman–Crippen MR) is 86.1 cm³/mol. The van der Waals surface area contributed by atoms with E-state index in [9.17, 15) is 4.79 Å². The van der Waals surface area contributed by atoms with Gasteiger partial charge in [0.2, 0.25) is 0 Å². The second-order valence-electron chi connectivity index (χ2n) is 5.27. The first-order valence-electron chi connectivity index (χ1n) is 7.51. The second kappa shape index (κ2) is 6.75. The lowest BCUT2D eigenvalue weighted by molar-refractivity contribution is 0.0299. The van der Waals surface area contributed by atoms with Crippen LogP contribution in [-0.4, -0.2) is 56.3 Å². The van der Waals surface area contributed by atoms with E-state index < -0.39 is 0 Å². The summed E-state index contributed by atoms with van der Waals surface area (Å²) < 4.78 is 15.9. The standard InChI is InChI=1S/C17H20N2O4/c1-21-13-3-4-14(16(10-13)22-2)12-9-15(18-11-12)17(20)19-5-7-23-8-6-19/h3-4,9-11,18H,5-8H2,1-2H3. The molecule has 1 saturated heterocycles. The van der Waals surface area contributed by atoms with Gasteiger partial charge in [0.15, 0.2) is 0 Å². The van der Waals surface area contributed by atoms with E-state index in [2.05, 4.69) is 4.98 Å². The van der Waals surface area contributed by atoms with Gasteiger partial charge in [0, 0.05) is 36.5 Å². The van der Waals surface area contributed by atoms with Crippen LogP contribution in [0, 0.1) is 0 Å². The molecule has 1 aromatic heterocycles. The van der Waals surface area contributed by atoms with Gasteiger partial charge in [-0.15, -0.1) is 0 Å². The number of hydrogen-bond donors (Lipinski definition) is 1. The van der Waals surface area contributed by atoms with Gasteiger partial charge in [-0.2, -0.15) is 0 Å². The van der Waals surface area contributed by atoms with E-state index in [0.717, 1.165) is 16.9 Å². The monoisotopic (exact) mass is 316 g/mol. The molecule has 122 valence electrons. The minimum absolute atomic E-state index is 0.00738. The Balaban J connectivity index is 1.85. The fourth-order valence-electron chi connectivity index (χ4n) is 2.65. The maximum atomic E-state index is 12.5. The van der Waals surface area contributed by atoms with Gasteiger partial charge in [0.05, 0.1) is 27.4 Å². The van der Waals surface area contributed by atoms with Crippen LogP contribution in [-0.2, 0) is 4.74 Å². The summed E-state index contributed by atoms with van der Waals surface area (Å²) in [5.74, 6) is 1.42. The average Bonchev–Trinajstić information content (AvgIpc) is 3.11. The number of carbonyl (C=O) groups excluding carboxylic acids is 1. The van der Waals surface area contributed by atoms with Crippen molar-refractivity contribution < 1.29 is 19.0 Å². The fourth-order valence-corrected chi connectivity index (χ4v) is 2.65. The summed E-state index contributed by atoms with van der Waals surface area (Å²) in [4.78, 5) is 17.3. The van der Waals surface area contributed by atoms with Gasteiger partial charge in [0.1, 0.15) is 17.2 Å². The molecule has 2 heterocycles. The summed E-state index contributed by atoms with van der Waals surface area (Å²) in [6, 6.07) is 7.46. The van der Waals surface area contributed by atoms with Crippen molar-refractivity contribution in [2.75, 3.05) is 40.5 Å². The smallest absolute Gasteiger partial charge is 0.270 e. The molecule has 0 spiro atoms. The molecule has 0 saturated carbocycles. The third kappa shape index (κ3) is 3.17. The van der Waals surface area contributed by atoms with Crippen molar-refractivity contribution in [3.05, 3.63) is 36.2 Å². The number of carbonyl (C=O) groups is 1. The van der Waals surface area contributed by atoms with Gasteiger partial charge >= 0.3 is 0 Å². The van der Waals surface area contributed by atoms with E-state index in [1.807, 2.05) is 30.5 Å². The number of aromatic nitrogens is 1. The molecule has 6 nitrogen and oxygen atoms in total. The molecule has 1 amide bonds. The molecule has 1 fully saturated rings. The topological polar surface area (TPSA) is 63.8 Å². The highest BCUT2D eigenvalue weighted by molar-refractivity contribution is 5.94. The van der Waals surface area contributed by atoms with Crippen molar-refractivity contribution in [1.29, 1.82) is 0 Å². The summed E-state index contributed by atoms with van der Waals surface area (Å²) in [5.41, 5.74) is 2.38. The molecule has 2 aromatic rings. The number of hydrogen-bond acceptors (Lipinski definition) is 4. The zero-order chi connectivity index (χ0) is 16.2. The molecular weight excluding hydrogens is 296 g/mol. The summed E-state index contributed by atoms with van der Waals surface area (Å²) in [6.45, 7) is 2.43. The van der Waals surface area contributed by atoms with Crippen LogP contribution in [0.25, 0.3) is 11.1 Å². The molecular formula is C17H20N2O4. The second-order valence-corrected chi connectivity index (χ2v) is 5.27. The lowest BCUT2D eigenvalue weighted by Gasteiger charge is -2.26. The van der Waals surface area contributed by atoms with Crippen LogP contribution in [0.3, 0.4) is 0 Å². The quantitative estimate of drug-likeness (QED) is 0.939. The van der Waals surface area contributed by atoms with Crippen molar-refractivity contribution in [2.24, 2.45) is 0 Å². The molecule has 0 atom stereocenters. The fraction of sp³-hybridized carbons (Fsp3) is 0.353. The Labute approximate surface area is 135 Å². The van der Waals surface area contributed by atoms with Crippen molar-refractivity contribution >= 4 is 5.91 Å². The molecule has 0 radical (unpaired) electrons. The number of morpholine rings is 1. The Kier molecular flexibility index (Phi) is 4.52. The Morgan fingerprint density at radius 3 is 2.65 bits per heavy atom. The first kappa shape index (κ1) is 15.4. The zero-order valence-electron chi connectivity index (χ0n) is 13.3. The van der Waals surface area contributed by atoms with E-state index in [-0.39, 0.29) is 5.91 Å². The Morgan fingerprint density at radius 1 is 1.17 bits per heavy atom. The summed E-state index contributed by atoms with van der Waals surface area (Å²) in [5, 5.41) is 0. The van der Waals surface area contributed by atoms with Gasteiger partial charge in [-0.3, -0.25) is 4.79 Å². The molecule has 1 aliphatic rings. The highest BCUT2D eigenvalue weighted by Crippen LogP contribution is 2.33. The van der Waals surface area contributed by atoms with Crippen molar-refractivity contribution in [1.82, 2.24) is 9.88 Å². The molecule has 0 aliphatic carbocycles. The number of amides is 1. The number of H-pyrrole nitrogens is 1. The summed E-state index contributed by atoms with van der Waals surface area (Å²) >= 11 is 0. The SMILES string of the molecule is COc1ccc(-c2c[nH]c(C(=O)N3CCOCC3)c2)c(OC)c1. The van der Waals surface area contributed by atoms with Crippen LogP contribution in [0.5, 0.6) is 11.5 Å². The van der Waals surface area contributed by atoms with Gasteiger partial charge in [-0.05, 0) is 18.2 Å². The summed E-state index contributed by atoms with van der Waals surface area (Å²) in [7, 11) is 3.23. The molecule has 6 heteroatoms. The van der Waals surface area contributed by atoms with Crippen molar-refractivity contribution in [2.45, 2.75) is 0 Å². The third-order valence-electron chi connectivity index (χ3n) is 3.93. The number of rotatable bonds is 4. The van der Waals surface area contributed by atoms with Gasteiger partial charge in [-0.25, -0.2) is 0 Å². The molecule has 23 heavy (non-hydrogen) atoms. The average molecular weight is 316 g/mol. The van der Waals surface area contributed by atoms with Gasteiger partial charge in [0.25, 0.3) is 5.91 Å². The highest BCUT2D eigenvalue weighted by atomic mass is 16.5. The Bertz CT molecular complexity index is 690. The van der Waals surface area contributed by atoms with Crippen LogP contribution < -0.4 is 9.47 Å². The lowest BCUT2D eigenvalue weighted by Crippen LogP contribution is -2.40. The molecule has 1 aliphatic heterocycles. The number of nitrogens with one attached hydrogen (secondary N) is 1. The third-order valence-corrected chi connectivity index (χ3v) is 3.93. The lowest BCUT2D eigenvalue weighted by atomic mass is 10.1. The molecule has 1 N–H and O–H groups in total. The van der Waals surface area contributed by atoms with E-state index in [1.165, 1.54) is 0 Å². The Morgan fingerprint density at radius 2 is 1.96 bits per heavy atom. The van der Waals surface area contributed by atoms with E-state index in [0.29, 0.717) is 37.7 Å². The number of aromatic amines is 1. The van der Waals surface area contributed by atoms with E-state index >= 15 is 0 Å². The van der Waals surface area contributed by atoms with Crippen LogP contribution in [0.2, 0.25) is 0 Å². The number of methoxy groups -OCH3 is 2. The number of ether oxygens (including phenoxy) is 3. The molecule has 1 aromatic carbocycles. The van der Waals surface area contributed by atoms with Crippen LogP contribution in [0.4, 0.5) is 0 Å². The Hall–Kier alpha value is -2.47. The first-order valence-corrected chi connectivity index (χ1v) is 7.51. The van der Waals surface area contributed by atoms with Gasteiger partial charge in [-0.1, -0.05) is 0 Å². The maximum absolute atomic E-state index is 12.5. The minimum atomic E-state index is -0.00738. The molecule has 0 unspecified atom stereocenters. The highest BCUT2D eigenvalue weighted by Gasteiger charge is 2.20. The maximum Gasteiger partial charge on any atom is 0.270 e. The van der Waals surface area contributed by atoms with E-state index in [4.69, 9.17) is 14.2 Å². The molecule has 0 bridgehead atoms. The largest absolute Gasteiger partial charge is 0.497 e. The van der Waals surface area contributed by atoms with Crippen LogP contribution in [0.1, 0.15) is 10.5 Å². The van der Waals surface area contributed by atoms with Crippen LogP contribution in [0.15, 0.2) is 30.5 Å².